The zero-order valence-electron chi connectivity index (χ0n) is 7.40. The summed E-state index contributed by atoms with van der Waals surface area (Å²) in [6.07, 6.45) is 0.165. The van der Waals surface area contributed by atoms with Crippen LogP contribution in [0.15, 0.2) is 29.2 Å². The van der Waals surface area contributed by atoms with Gasteiger partial charge in [0, 0.05) is 11.3 Å². The van der Waals surface area contributed by atoms with E-state index in [4.69, 9.17) is 10.0 Å². The molecule has 0 radical (unpaired) electrons. The minimum atomic E-state index is -1.29. The molecule has 0 unspecified atom stereocenters. The van der Waals surface area contributed by atoms with Gasteiger partial charge in [-0.3, -0.25) is 4.72 Å². The third-order valence-corrected chi connectivity index (χ3v) is 2.30. The average molecular weight is 197 g/mol. The van der Waals surface area contributed by atoms with Crippen LogP contribution in [0.3, 0.4) is 0 Å². The lowest BCUT2D eigenvalue weighted by molar-refractivity contribution is 0.406. The number of aryl methyl sites for hydroxylation is 1. The molecule has 13 heavy (non-hydrogen) atoms. The Bertz CT molecular complexity index is 253. The van der Waals surface area contributed by atoms with Gasteiger partial charge >= 0.3 is 7.12 Å². The van der Waals surface area contributed by atoms with E-state index in [2.05, 4.69) is 4.72 Å². The van der Waals surface area contributed by atoms with Crippen molar-refractivity contribution < 1.29 is 10.0 Å². The quantitative estimate of drug-likeness (QED) is 0.488. The van der Waals surface area contributed by atoms with Crippen molar-refractivity contribution in [1.82, 2.24) is 4.72 Å². The van der Waals surface area contributed by atoms with E-state index in [-0.39, 0.29) is 6.44 Å². The molecule has 0 heterocycles. The van der Waals surface area contributed by atoms with Gasteiger partial charge in [0.1, 0.15) is 0 Å². The fourth-order valence-corrected chi connectivity index (χ4v) is 1.48. The molecule has 0 bridgehead atoms. The fraction of sp³-hybridized carbons (Fsp3) is 0.250. The molecule has 3 N–H and O–H groups in total. The Morgan fingerprint density at radius 2 is 1.92 bits per heavy atom. The Balaban J connectivity index is 2.33. The minimum Gasteiger partial charge on any atom is -0.426 e. The van der Waals surface area contributed by atoms with Crippen LogP contribution in [0.5, 0.6) is 0 Å². The molecule has 0 spiro atoms. The molecule has 1 aromatic rings. The largest absolute Gasteiger partial charge is 0.467 e. The van der Waals surface area contributed by atoms with Crippen LogP contribution in [0.4, 0.5) is 0 Å². The summed E-state index contributed by atoms with van der Waals surface area (Å²) in [6, 6.07) is 7.99. The molecule has 0 saturated heterocycles. The van der Waals surface area contributed by atoms with Gasteiger partial charge in [0.25, 0.3) is 0 Å². The Morgan fingerprint density at radius 3 is 2.46 bits per heavy atom. The van der Waals surface area contributed by atoms with Crippen LogP contribution in [0.1, 0.15) is 5.56 Å². The summed E-state index contributed by atoms with van der Waals surface area (Å²) in [6.45, 7) is 2.03. The monoisotopic (exact) mass is 197 g/mol. The highest BCUT2D eigenvalue weighted by atomic mass is 32.2. The first-order valence-electron chi connectivity index (χ1n) is 4.01. The topological polar surface area (TPSA) is 52.5 Å². The summed E-state index contributed by atoms with van der Waals surface area (Å²) in [4.78, 5) is 1.06. The first-order valence-corrected chi connectivity index (χ1v) is 4.82. The van der Waals surface area contributed by atoms with Gasteiger partial charge in [-0.05, 0) is 31.0 Å². The molecule has 0 fully saturated rings. The summed E-state index contributed by atoms with van der Waals surface area (Å²) in [5, 5.41) is 17.1. The first kappa shape index (κ1) is 10.6. The maximum absolute atomic E-state index is 8.55. The third kappa shape index (κ3) is 4.33. The number of hydrogen-bond acceptors (Lipinski definition) is 4. The smallest absolute Gasteiger partial charge is 0.426 e. The van der Waals surface area contributed by atoms with Crippen molar-refractivity contribution in [3.63, 3.8) is 0 Å². The first-order chi connectivity index (χ1) is 6.18. The lowest BCUT2D eigenvalue weighted by Crippen LogP contribution is -2.26. The normalized spacial score (nSPS) is 10.1. The van der Waals surface area contributed by atoms with Crippen LogP contribution in [-0.2, 0) is 0 Å². The van der Waals surface area contributed by atoms with E-state index in [1.54, 1.807) is 0 Å². The van der Waals surface area contributed by atoms with Crippen molar-refractivity contribution in [1.29, 1.82) is 0 Å². The molecule has 3 nitrogen and oxygen atoms in total. The maximum atomic E-state index is 8.55. The van der Waals surface area contributed by atoms with Crippen LogP contribution in [0, 0.1) is 6.92 Å². The third-order valence-electron chi connectivity index (χ3n) is 1.48. The van der Waals surface area contributed by atoms with Crippen molar-refractivity contribution >= 4 is 19.1 Å². The van der Waals surface area contributed by atoms with E-state index in [1.165, 1.54) is 17.5 Å². The number of nitrogens with one attached hydrogen (secondary N) is 1. The second-order valence-electron chi connectivity index (χ2n) is 2.74. The summed E-state index contributed by atoms with van der Waals surface area (Å²) in [7, 11) is -1.29. The van der Waals surface area contributed by atoms with E-state index >= 15 is 0 Å². The maximum Gasteiger partial charge on any atom is 0.467 e. The van der Waals surface area contributed by atoms with Crippen molar-refractivity contribution in [3.05, 3.63) is 29.8 Å². The number of benzene rings is 1. The zero-order valence-corrected chi connectivity index (χ0v) is 8.21. The molecule has 0 aliphatic carbocycles. The zero-order chi connectivity index (χ0) is 9.68. The molecule has 1 aromatic carbocycles. The Kier molecular flexibility index (Phi) is 4.31. The van der Waals surface area contributed by atoms with Gasteiger partial charge in [-0.2, -0.15) is 0 Å². The number of rotatable bonds is 4. The van der Waals surface area contributed by atoms with Gasteiger partial charge in [0.05, 0.1) is 0 Å². The standard InChI is InChI=1S/C8H12BNO2S/c1-7-2-4-8(5-3-7)13-10-6-9(11)12/h2-5,10-12H,6H2,1H3. The van der Waals surface area contributed by atoms with Gasteiger partial charge in [-0.15, -0.1) is 0 Å². The summed E-state index contributed by atoms with van der Waals surface area (Å²) in [5.41, 5.74) is 1.21. The van der Waals surface area contributed by atoms with E-state index in [1.807, 2.05) is 31.2 Å². The van der Waals surface area contributed by atoms with Gasteiger partial charge < -0.3 is 10.0 Å². The van der Waals surface area contributed by atoms with Crippen LogP contribution in [0.2, 0.25) is 0 Å². The van der Waals surface area contributed by atoms with Crippen LogP contribution in [0.25, 0.3) is 0 Å². The van der Waals surface area contributed by atoms with Gasteiger partial charge in [0.2, 0.25) is 0 Å². The fourth-order valence-electron chi connectivity index (χ4n) is 0.806. The highest BCUT2D eigenvalue weighted by Crippen LogP contribution is 2.14. The molecule has 0 atom stereocenters. The number of hydrogen-bond donors (Lipinski definition) is 3. The molecule has 70 valence electrons. The average Bonchev–Trinajstić information content (AvgIpc) is 2.08. The molecule has 1 rings (SSSR count). The molecule has 0 aliphatic rings. The SMILES string of the molecule is Cc1ccc(SNCB(O)O)cc1. The van der Waals surface area contributed by atoms with Crippen molar-refractivity contribution in [2.24, 2.45) is 0 Å². The summed E-state index contributed by atoms with van der Waals surface area (Å²) < 4.78 is 2.84. The van der Waals surface area contributed by atoms with Crippen LogP contribution in [-0.4, -0.2) is 23.6 Å². The molecular formula is C8H12BNO2S. The van der Waals surface area contributed by atoms with Crippen LogP contribution < -0.4 is 4.72 Å². The van der Waals surface area contributed by atoms with Gasteiger partial charge in [0.15, 0.2) is 0 Å². The molecule has 0 aliphatic heterocycles. The highest BCUT2D eigenvalue weighted by molar-refractivity contribution is 7.97. The molecule has 0 saturated carbocycles. The Labute approximate surface area is 82.5 Å². The Hall–Kier alpha value is -0.485. The lowest BCUT2D eigenvalue weighted by Gasteiger charge is -2.02. The highest BCUT2D eigenvalue weighted by Gasteiger charge is 2.04. The molecular weight excluding hydrogens is 185 g/mol. The van der Waals surface area contributed by atoms with E-state index < -0.39 is 7.12 Å². The van der Waals surface area contributed by atoms with E-state index in [0.717, 1.165) is 4.90 Å². The van der Waals surface area contributed by atoms with E-state index in [9.17, 15) is 0 Å². The Morgan fingerprint density at radius 1 is 1.31 bits per heavy atom. The van der Waals surface area contributed by atoms with Crippen molar-refractivity contribution in [2.75, 3.05) is 6.44 Å². The lowest BCUT2D eigenvalue weighted by atomic mass is 9.94. The summed E-state index contributed by atoms with van der Waals surface area (Å²) in [5.74, 6) is 0. The predicted octanol–water partition coefficient (Wildman–Crippen LogP) is 0.604. The molecule has 5 heteroatoms. The summed E-state index contributed by atoms with van der Waals surface area (Å²) >= 11 is 1.39. The van der Waals surface area contributed by atoms with Crippen molar-refractivity contribution in [3.8, 4) is 0 Å². The second kappa shape index (κ2) is 5.29. The minimum absolute atomic E-state index is 0.165. The van der Waals surface area contributed by atoms with Crippen LogP contribution >= 0.6 is 11.9 Å². The van der Waals surface area contributed by atoms with Crippen molar-refractivity contribution in [2.45, 2.75) is 11.8 Å². The molecule has 0 amide bonds. The van der Waals surface area contributed by atoms with Gasteiger partial charge in [-0.25, -0.2) is 0 Å². The second-order valence-corrected chi connectivity index (χ2v) is 3.71. The van der Waals surface area contributed by atoms with E-state index in [0.29, 0.717) is 0 Å². The predicted molar refractivity (Wildman–Crippen MR) is 55.2 cm³/mol. The van der Waals surface area contributed by atoms with Gasteiger partial charge in [-0.1, -0.05) is 17.7 Å². The molecule has 0 aromatic heterocycles.